The van der Waals surface area contributed by atoms with Crippen LogP contribution in [-0.4, -0.2) is 5.16 Å². The van der Waals surface area contributed by atoms with E-state index >= 15 is 0 Å². The SMILES string of the molecule is PC1(C2CCCCC2)CCCCC1. The van der Waals surface area contributed by atoms with Crippen molar-refractivity contribution in [2.24, 2.45) is 5.92 Å². The molecule has 0 aliphatic heterocycles. The summed E-state index contributed by atoms with van der Waals surface area (Å²) < 4.78 is 0. The zero-order valence-corrected chi connectivity index (χ0v) is 9.88. The Morgan fingerprint density at radius 1 is 0.769 bits per heavy atom. The van der Waals surface area contributed by atoms with Crippen molar-refractivity contribution >= 4 is 9.24 Å². The van der Waals surface area contributed by atoms with E-state index in [1.54, 1.807) is 0 Å². The average molecular weight is 198 g/mol. The summed E-state index contributed by atoms with van der Waals surface area (Å²) in [5.41, 5.74) is 0. The van der Waals surface area contributed by atoms with Gasteiger partial charge in [-0.1, -0.05) is 38.5 Å². The molecule has 0 nitrogen and oxygen atoms in total. The van der Waals surface area contributed by atoms with Gasteiger partial charge in [-0.3, -0.25) is 0 Å². The molecule has 2 aliphatic rings. The van der Waals surface area contributed by atoms with Crippen LogP contribution in [0.5, 0.6) is 0 Å². The maximum atomic E-state index is 3.23. The van der Waals surface area contributed by atoms with E-state index in [0.29, 0.717) is 5.16 Å². The highest BCUT2D eigenvalue weighted by atomic mass is 31.0. The fourth-order valence-electron chi connectivity index (χ4n) is 3.30. The highest BCUT2D eigenvalue weighted by Gasteiger charge is 2.35. The van der Waals surface area contributed by atoms with E-state index in [-0.39, 0.29) is 0 Å². The predicted molar refractivity (Wildman–Crippen MR) is 62.1 cm³/mol. The van der Waals surface area contributed by atoms with Crippen LogP contribution in [0, 0.1) is 5.92 Å². The normalized spacial score (nSPS) is 30.2. The zero-order chi connectivity index (χ0) is 9.15. The maximum absolute atomic E-state index is 3.23. The van der Waals surface area contributed by atoms with Crippen molar-refractivity contribution in [2.75, 3.05) is 0 Å². The minimum absolute atomic E-state index is 0.665. The van der Waals surface area contributed by atoms with Gasteiger partial charge < -0.3 is 0 Å². The van der Waals surface area contributed by atoms with Crippen LogP contribution in [0.1, 0.15) is 64.2 Å². The Bertz CT molecular complexity index is 153. The Kier molecular flexibility index (Phi) is 3.30. The fourth-order valence-corrected chi connectivity index (χ4v) is 4.04. The van der Waals surface area contributed by atoms with Crippen molar-refractivity contribution in [1.29, 1.82) is 0 Å². The van der Waals surface area contributed by atoms with Crippen LogP contribution < -0.4 is 0 Å². The van der Waals surface area contributed by atoms with Crippen LogP contribution in [0.2, 0.25) is 0 Å². The molecule has 0 aromatic carbocycles. The molecule has 1 unspecified atom stereocenters. The van der Waals surface area contributed by atoms with Gasteiger partial charge >= 0.3 is 0 Å². The third-order valence-electron chi connectivity index (χ3n) is 4.20. The van der Waals surface area contributed by atoms with E-state index < -0.39 is 0 Å². The minimum atomic E-state index is 0.665. The third kappa shape index (κ3) is 2.27. The third-order valence-corrected chi connectivity index (χ3v) is 5.25. The minimum Gasteiger partial charge on any atom is -0.131 e. The van der Waals surface area contributed by atoms with Gasteiger partial charge in [0.1, 0.15) is 0 Å². The van der Waals surface area contributed by atoms with Crippen LogP contribution in [0.15, 0.2) is 0 Å². The molecule has 1 atom stereocenters. The molecule has 1 heteroatoms. The quantitative estimate of drug-likeness (QED) is 0.555. The molecule has 0 aromatic heterocycles. The van der Waals surface area contributed by atoms with Gasteiger partial charge in [0.25, 0.3) is 0 Å². The summed E-state index contributed by atoms with van der Waals surface area (Å²) in [4.78, 5) is 0. The molecule has 0 saturated heterocycles. The molecule has 76 valence electrons. The second kappa shape index (κ2) is 4.30. The molecule has 2 fully saturated rings. The molecule has 0 bridgehead atoms. The lowest BCUT2D eigenvalue weighted by Gasteiger charge is -2.42. The molecule has 2 saturated carbocycles. The molecule has 0 N–H and O–H groups in total. The first-order chi connectivity index (χ1) is 6.31. The summed E-state index contributed by atoms with van der Waals surface area (Å²) in [7, 11) is 3.23. The highest BCUT2D eigenvalue weighted by molar-refractivity contribution is 7.19. The molecule has 0 aromatic rings. The second-order valence-corrected chi connectivity index (χ2v) is 6.28. The first kappa shape index (κ1) is 9.97. The second-order valence-electron chi connectivity index (χ2n) is 5.13. The first-order valence-electron chi connectivity index (χ1n) is 6.10. The lowest BCUT2D eigenvalue weighted by molar-refractivity contribution is 0.227. The Balaban J connectivity index is 1.94. The van der Waals surface area contributed by atoms with Gasteiger partial charge in [0, 0.05) is 0 Å². The lowest BCUT2D eigenvalue weighted by Crippen LogP contribution is -2.34. The van der Waals surface area contributed by atoms with Crippen molar-refractivity contribution in [1.82, 2.24) is 0 Å². The Morgan fingerprint density at radius 2 is 1.31 bits per heavy atom. The van der Waals surface area contributed by atoms with Crippen molar-refractivity contribution < 1.29 is 0 Å². The Hall–Kier alpha value is 0.430. The smallest absolute Gasteiger partial charge is 0.0122 e. The molecular formula is C12H23P. The summed E-state index contributed by atoms with van der Waals surface area (Å²) in [5.74, 6) is 1.05. The molecule has 2 rings (SSSR count). The molecule has 0 spiro atoms. The first-order valence-corrected chi connectivity index (χ1v) is 6.68. The van der Waals surface area contributed by atoms with E-state index in [4.69, 9.17) is 0 Å². The van der Waals surface area contributed by atoms with E-state index in [1.165, 1.54) is 64.2 Å². The summed E-state index contributed by atoms with van der Waals surface area (Å²) in [6.45, 7) is 0. The number of hydrogen-bond acceptors (Lipinski definition) is 0. The summed E-state index contributed by atoms with van der Waals surface area (Å²) in [6, 6.07) is 0. The van der Waals surface area contributed by atoms with Crippen LogP contribution >= 0.6 is 9.24 Å². The van der Waals surface area contributed by atoms with Crippen molar-refractivity contribution in [3.8, 4) is 0 Å². The predicted octanol–water partition coefficient (Wildman–Crippen LogP) is 4.14. The highest BCUT2D eigenvalue weighted by Crippen LogP contribution is 2.47. The van der Waals surface area contributed by atoms with E-state index in [9.17, 15) is 0 Å². The molecular weight excluding hydrogens is 175 g/mol. The van der Waals surface area contributed by atoms with Gasteiger partial charge in [-0.25, -0.2) is 0 Å². The standard InChI is InChI=1S/C12H23P/c13-12(9-5-2-6-10-12)11-7-3-1-4-8-11/h11H,1-10,13H2. The molecule has 0 amide bonds. The van der Waals surface area contributed by atoms with Gasteiger partial charge in [0.05, 0.1) is 0 Å². The van der Waals surface area contributed by atoms with Crippen LogP contribution in [0.4, 0.5) is 0 Å². The van der Waals surface area contributed by atoms with Gasteiger partial charge in [-0.2, -0.15) is 0 Å². The largest absolute Gasteiger partial charge is 0.131 e. The van der Waals surface area contributed by atoms with Gasteiger partial charge in [0.15, 0.2) is 0 Å². The summed E-state index contributed by atoms with van der Waals surface area (Å²) >= 11 is 0. The zero-order valence-electron chi connectivity index (χ0n) is 8.73. The van der Waals surface area contributed by atoms with Gasteiger partial charge in [-0.05, 0) is 36.8 Å². The van der Waals surface area contributed by atoms with Crippen LogP contribution in [0.25, 0.3) is 0 Å². The lowest BCUT2D eigenvalue weighted by atomic mass is 9.72. The van der Waals surface area contributed by atoms with Crippen molar-refractivity contribution in [3.05, 3.63) is 0 Å². The summed E-state index contributed by atoms with van der Waals surface area (Å²) in [6.07, 6.45) is 15.0. The van der Waals surface area contributed by atoms with E-state index in [1.807, 2.05) is 0 Å². The fraction of sp³-hybridized carbons (Fsp3) is 1.00. The monoisotopic (exact) mass is 198 g/mol. The van der Waals surface area contributed by atoms with Crippen LogP contribution in [0.3, 0.4) is 0 Å². The number of rotatable bonds is 1. The van der Waals surface area contributed by atoms with E-state index in [2.05, 4.69) is 9.24 Å². The molecule has 2 aliphatic carbocycles. The van der Waals surface area contributed by atoms with Crippen LogP contribution in [-0.2, 0) is 0 Å². The molecule has 0 heterocycles. The Labute approximate surface area is 85.1 Å². The van der Waals surface area contributed by atoms with E-state index in [0.717, 1.165) is 5.92 Å². The average Bonchev–Trinajstić information content (AvgIpc) is 2.20. The van der Waals surface area contributed by atoms with Gasteiger partial charge in [-0.15, -0.1) is 9.24 Å². The topological polar surface area (TPSA) is 0 Å². The molecule has 0 radical (unpaired) electrons. The number of hydrogen-bond donors (Lipinski definition) is 0. The molecule has 13 heavy (non-hydrogen) atoms. The summed E-state index contributed by atoms with van der Waals surface area (Å²) in [5, 5.41) is 0.665. The van der Waals surface area contributed by atoms with Crippen molar-refractivity contribution in [2.45, 2.75) is 69.4 Å². The maximum Gasteiger partial charge on any atom is -0.0122 e. The van der Waals surface area contributed by atoms with Crippen molar-refractivity contribution in [3.63, 3.8) is 0 Å². The van der Waals surface area contributed by atoms with Gasteiger partial charge in [0.2, 0.25) is 0 Å². The Morgan fingerprint density at radius 3 is 1.92 bits per heavy atom.